The molecule has 0 atom stereocenters. The van der Waals surface area contributed by atoms with Crippen molar-refractivity contribution in [2.45, 2.75) is 62.9 Å². The molecule has 3 fully saturated rings. The Morgan fingerprint density at radius 2 is 1.48 bits per heavy atom. The molecule has 23 heavy (non-hydrogen) atoms. The van der Waals surface area contributed by atoms with Crippen molar-refractivity contribution in [1.82, 2.24) is 15.3 Å². The fraction of sp³-hybridized carbons (Fsp3) is 0.700. The van der Waals surface area contributed by atoms with Crippen LogP contribution in [0.4, 0.5) is 0 Å². The number of benzene rings is 1. The van der Waals surface area contributed by atoms with Gasteiger partial charge in [-0.1, -0.05) is 43.2 Å². The zero-order valence-electron chi connectivity index (χ0n) is 14.3. The fourth-order valence-corrected chi connectivity index (χ4v) is 4.95. The molecule has 0 aromatic heterocycles. The zero-order chi connectivity index (χ0) is 15.5. The molecule has 4 rings (SSSR count). The highest BCUT2D eigenvalue weighted by Crippen LogP contribution is 2.39. The lowest BCUT2D eigenvalue weighted by atomic mass is 9.89. The summed E-state index contributed by atoms with van der Waals surface area (Å²) < 4.78 is 0. The molecule has 2 aliphatic heterocycles. The van der Waals surface area contributed by atoms with Gasteiger partial charge in [0, 0.05) is 19.1 Å². The summed E-state index contributed by atoms with van der Waals surface area (Å²) in [4.78, 5) is 2.74. The minimum absolute atomic E-state index is 0.196. The predicted octanol–water partition coefficient (Wildman–Crippen LogP) is 3.52. The van der Waals surface area contributed by atoms with Gasteiger partial charge in [-0.05, 0) is 57.2 Å². The summed E-state index contributed by atoms with van der Waals surface area (Å²) in [6.45, 7) is 5.09. The largest absolute Gasteiger partial charge is 0.300 e. The van der Waals surface area contributed by atoms with Crippen LogP contribution in [0.2, 0.25) is 0 Å². The summed E-state index contributed by atoms with van der Waals surface area (Å²) in [5.74, 6) is 0. The minimum atomic E-state index is 0.196. The number of rotatable bonds is 4. The van der Waals surface area contributed by atoms with E-state index in [9.17, 15) is 0 Å². The van der Waals surface area contributed by atoms with Gasteiger partial charge in [-0.25, -0.2) is 10.4 Å². The number of nitrogens with one attached hydrogen (secondary N) is 1. The van der Waals surface area contributed by atoms with Crippen molar-refractivity contribution in [3.8, 4) is 0 Å². The molecular weight excluding hydrogens is 282 g/mol. The number of likely N-dealkylation sites (tertiary alicyclic amines) is 1. The van der Waals surface area contributed by atoms with Gasteiger partial charge in [0.15, 0.2) is 0 Å². The Balaban J connectivity index is 1.39. The van der Waals surface area contributed by atoms with Crippen molar-refractivity contribution < 1.29 is 0 Å². The molecule has 1 aliphatic carbocycles. The molecule has 3 heteroatoms. The molecule has 0 amide bonds. The number of hydrazine groups is 1. The van der Waals surface area contributed by atoms with E-state index >= 15 is 0 Å². The normalized spacial score (nSPS) is 26.8. The molecule has 1 aromatic carbocycles. The zero-order valence-corrected chi connectivity index (χ0v) is 14.3. The Morgan fingerprint density at radius 3 is 2.13 bits per heavy atom. The summed E-state index contributed by atoms with van der Waals surface area (Å²) in [6.07, 6.45) is 10.8. The van der Waals surface area contributed by atoms with Gasteiger partial charge in [0.2, 0.25) is 0 Å². The first-order valence-electron chi connectivity index (χ1n) is 9.68. The van der Waals surface area contributed by atoms with Crippen molar-refractivity contribution in [3.63, 3.8) is 0 Å². The van der Waals surface area contributed by atoms with E-state index in [0.717, 1.165) is 6.04 Å². The Bertz CT molecular complexity index is 481. The Kier molecular flexibility index (Phi) is 4.70. The summed E-state index contributed by atoms with van der Waals surface area (Å²) in [5, 5.41) is 2.53. The highest BCUT2D eigenvalue weighted by Gasteiger charge is 2.38. The van der Waals surface area contributed by atoms with E-state index in [0.29, 0.717) is 0 Å². The molecule has 3 aliphatic rings. The van der Waals surface area contributed by atoms with Crippen LogP contribution in [-0.2, 0) is 5.54 Å². The van der Waals surface area contributed by atoms with Crippen molar-refractivity contribution in [1.29, 1.82) is 0 Å². The quantitative estimate of drug-likeness (QED) is 0.917. The van der Waals surface area contributed by atoms with E-state index in [1.54, 1.807) is 0 Å². The van der Waals surface area contributed by atoms with Gasteiger partial charge in [0.1, 0.15) is 0 Å². The average Bonchev–Trinajstić information content (AvgIpc) is 3.29. The molecule has 0 unspecified atom stereocenters. The lowest BCUT2D eigenvalue weighted by Crippen LogP contribution is -2.55. The Labute approximate surface area is 141 Å². The highest BCUT2D eigenvalue weighted by atomic mass is 15.5. The van der Waals surface area contributed by atoms with Crippen LogP contribution in [0.1, 0.15) is 56.9 Å². The second-order valence-corrected chi connectivity index (χ2v) is 7.73. The first-order valence-corrected chi connectivity index (χ1v) is 9.68. The second kappa shape index (κ2) is 6.92. The monoisotopic (exact) mass is 313 g/mol. The molecule has 2 heterocycles. The summed E-state index contributed by atoms with van der Waals surface area (Å²) in [6, 6.07) is 12.0. The van der Waals surface area contributed by atoms with E-state index < -0.39 is 0 Å². The molecule has 1 aromatic rings. The molecule has 126 valence electrons. The summed E-state index contributed by atoms with van der Waals surface area (Å²) in [5.41, 5.74) is 5.66. The third-order valence-corrected chi connectivity index (χ3v) is 6.28. The number of hydrogen-bond donors (Lipinski definition) is 1. The predicted molar refractivity (Wildman–Crippen MR) is 95.1 cm³/mol. The molecule has 1 saturated carbocycles. The van der Waals surface area contributed by atoms with Gasteiger partial charge < -0.3 is 4.90 Å². The van der Waals surface area contributed by atoms with Gasteiger partial charge in [0.25, 0.3) is 0 Å². The van der Waals surface area contributed by atoms with Gasteiger partial charge in [-0.3, -0.25) is 0 Å². The molecule has 1 N–H and O–H groups in total. The van der Waals surface area contributed by atoms with Gasteiger partial charge in [0.05, 0.1) is 5.54 Å². The SMILES string of the molecule is c1ccc(C2(NN3CCC(N4CCCC4)CC3)CCCC2)cc1. The van der Waals surface area contributed by atoms with Crippen molar-refractivity contribution in [2.75, 3.05) is 26.2 Å². The van der Waals surface area contributed by atoms with Gasteiger partial charge in [-0.15, -0.1) is 0 Å². The highest BCUT2D eigenvalue weighted by molar-refractivity contribution is 5.25. The molecule has 3 nitrogen and oxygen atoms in total. The average molecular weight is 313 g/mol. The molecule has 0 radical (unpaired) electrons. The number of piperidine rings is 1. The van der Waals surface area contributed by atoms with Crippen LogP contribution in [-0.4, -0.2) is 42.1 Å². The molecule has 2 saturated heterocycles. The van der Waals surface area contributed by atoms with Crippen molar-refractivity contribution in [2.24, 2.45) is 0 Å². The minimum Gasteiger partial charge on any atom is -0.300 e. The van der Waals surface area contributed by atoms with Crippen LogP contribution >= 0.6 is 0 Å². The van der Waals surface area contributed by atoms with Crippen molar-refractivity contribution in [3.05, 3.63) is 35.9 Å². The fourth-order valence-electron chi connectivity index (χ4n) is 4.95. The molecular formula is C20H31N3. The lowest BCUT2D eigenvalue weighted by molar-refractivity contribution is 0.0468. The van der Waals surface area contributed by atoms with Gasteiger partial charge in [-0.2, -0.15) is 0 Å². The Hall–Kier alpha value is -0.900. The van der Waals surface area contributed by atoms with E-state index in [1.807, 2.05) is 0 Å². The van der Waals surface area contributed by atoms with Crippen LogP contribution in [0.25, 0.3) is 0 Å². The topological polar surface area (TPSA) is 18.5 Å². The van der Waals surface area contributed by atoms with Crippen LogP contribution in [0.3, 0.4) is 0 Å². The van der Waals surface area contributed by atoms with E-state index in [4.69, 9.17) is 0 Å². The summed E-state index contributed by atoms with van der Waals surface area (Å²) in [7, 11) is 0. The maximum Gasteiger partial charge on any atom is 0.0574 e. The molecule has 0 bridgehead atoms. The van der Waals surface area contributed by atoms with Gasteiger partial charge >= 0.3 is 0 Å². The van der Waals surface area contributed by atoms with E-state index in [1.165, 1.54) is 83.1 Å². The van der Waals surface area contributed by atoms with E-state index in [2.05, 4.69) is 45.7 Å². The maximum absolute atomic E-state index is 3.97. The lowest BCUT2D eigenvalue weighted by Gasteiger charge is -2.42. The number of nitrogens with zero attached hydrogens (tertiary/aromatic N) is 2. The standard InChI is InChI=1S/C20H31N3/c1-2-8-18(9-3-1)20(12-4-5-13-20)21-23-16-10-19(11-17-23)22-14-6-7-15-22/h1-3,8-9,19,21H,4-7,10-17H2. The van der Waals surface area contributed by atoms with Crippen LogP contribution < -0.4 is 5.43 Å². The smallest absolute Gasteiger partial charge is 0.0574 e. The third-order valence-electron chi connectivity index (χ3n) is 6.28. The second-order valence-electron chi connectivity index (χ2n) is 7.73. The molecule has 0 spiro atoms. The van der Waals surface area contributed by atoms with Crippen LogP contribution in [0.15, 0.2) is 30.3 Å². The first kappa shape index (κ1) is 15.6. The summed E-state index contributed by atoms with van der Waals surface area (Å²) >= 11 is 0. The third kappa shape index (κ3) is 3.33. The van der Waals surface area contributed by atoms with Crippen LogP contribution in [0, 0.1) is 0 Å². The Morgan fingerprint density at radius 1 is 0.826 bits per heavy atom. The number of hydrogen-bond acceptors (Lipinski definition) is 3. The first-order chi connectivity index (χ1) is 11.4. The van der Waals surface area contributed by atoms with Crippen LogP contribution in [0.5, 0.6) is 0 Å². The van der Waals surface area contributed by atoms with E-state index in [-0.39, 0.29) is 5.54 Å². The van der Waals surface area contributed by atoms with Crippen molar-refractivity contribution >= 4 is 0 Å². The maximum atomic E-state index is 3.97.